The van der Waals surface area contributed by atoms with Crippen LogP contribution in [-0.2, 0) is 4.74 Å². The minimum absolute atomic E-state index is 0.327. The number of amides is 2. The number of carbonyl (C=O) groups is 2. The average molecular weight is 274 g/mol. The van der Waals surface area contributed by atoms with Crippen LogP contribution in [0.2, 0.25) is 0 Å². The lowest BCUT2D eigenvalue weighted by atomic mass is 10.2. The van der Waals surface area contributed by atoms with E-state index in [1.807, 2.05) is 6.92 Å². The van der Waals surface area contributed by atoms with Gasteiger partial charge < -0.3 is 15.4 Å². The van der Waals surface area contributed by atoms with Crippen LogP contribution in [0.4, 0.5) is 10.5 Å². The zero-order valence-electron chi connectivity index (χ0n) is 11.6. The summed E-state index contributed by atoms with van der Waals surface area (Å²) >= 11 is 0. The third-order valence-electron chi connectivity index (χ3n) is 3.23. The van der Waals surface area contributed by atoms with Crippen molar-refractivity contribution in [1.29, 1.82) is 0 Å². The molecular weight excluding hydrogens is 256 g/mol. The van der Waals surface area contributed by atoms with Crippen LogP contribution >= 0.6 is 0 Å². The van der Waals surface area contributed by atoms with Crippen molar-refractivity contribution in [2.75, 3.05) is 12.4 Å². The topological polar surface area (TPSA) is 67.4 Å². The number of hydrogen-bond donors (Lipinski definition) is 2. The van der Waals surface area contributed by atoms with Gasteiger partial charge in [0.15, 0.2) is 0 Å². The first-order chi connectivity index (χ1) is 9.61. The first-order valence-electron chi connectivity index (χ1n) is 6.53. The van der Waals surface area contributed by atoms with Crippen LogP contribution in [0, 0.1) is 5.92 Å². The molecule has 0 bridgehead atoms. The first kappa shape index (κ1) is 14.1. The van der Waals surface area contributed by atoms with E-state index in [9.17, 15) is 9.59 Å². The number of rotatable bonds is 4. The van der Waals surface area contributed by atoms with Gasteiger partial charge in [0.2, 0.25) is 0 Å². The van der Waals surface area contributed by atoms with Crippen LogP contribution in [0.5, 0.6) is 0 Å². The van der Waals surface area contributed by atoms with E-state index in [2.05, 4.69) is 15.4 Å². The van der Waals surface area contributed by atoms with Gasteiger partial charge in [-0.05, 0) is 37.8 Å². The van der Waals surface area contributed by atoms with E-state index in [1.165, 1.54) is 25.5 Å². The molecule has 1 aliphatic carbocycles. The average Bonchev–Trinajstić information content (AvgIpc) is 3.29. The first-order valence-corrected chi connectivity index (χ1v) is 6.53. The molecule has 1 aliphatic rings. The smallest absolute Gasteiger partial charge is 0.339 e. The molecule has 106 valence electrons. The van der Waals surface area contributed by atoms with Crippen LogP contribution in [0.1, 0.15) is 30.1 Å². The number of anilines is 1. The Morgan fingerprint density at radius 2 is 2.00 bits per heavy atom. The van der Waals surface area contributed by atoms with Crippen LogP contribution in [-0.4, -0.2) is 19.1 Å². The second-order valence-electron chi connectivity index (χ2n) is 4.80. The molecule has 0 spiro atoms. The Labute approximate surface area is 118 Å². The molecule has 20 heavy (non-hydrogen) atoms. The summed E-state index contributed by atoms with van der Waals surface area (Å²) in [5, 5.41) is 5.32. The molecule has 0 saturated heterocycles. The maximum atomic E-state index is 11.8. The van der Waals surface area contributed by atoms with Gasteiger partial charge in [-0.1, -0.05) is 17.7 Å². The van der Waals surface area contributed by atoms with Crippen molar-refractivity contribution in [2.24, 2.45) is 5.92 Å². The van der Waals surface area contributed by atoms with Gasteiger partial charge in [-0.15, -0.1) is 0 Å². The normalized spacial score (nSPS) is 14.6. The van der Waals surface area contributed by atoms with Gasteiger partial charge in [0.05, 0.1) is 18.4 Å². The minimum Gasteiger partial charge on any atom is -0.465 e. The lowest BCUT2D eigenvalue weighted by Gasteiger charge is -2.09. The number of carbonyl (C=O) groups excluding carboxylic acids is 2. The Morgan fingerprint density at radius 3 is 2.65 bits per heavy atom. The predicted molar refractivity (Wildman–Crippen MR) is 76.4 cm³/mol. The minimum atomic E-state index is -0.481. The number of esters is 1. The molecule has 0 unspecified atom stereocenters. The highest BCUT2D eigenvalue weighted by Gasteiger charge is 2.22. The van der Waals surface area contributed by atoms with E-state index in [1.54, 1.807) is 30.5 Å². The van der Waals surface area contributed by atoms with Gasteiger partial charge in [0.25, 0.3) is 0 Å². The van der Waals surface area contributed by atoms with Gasteiger partial charge in [-0.25, -0.2) is 9.59 Å². The highest BCUT2D eigenvalue weighted by atomic mass is 16.5. The summed E-state index contributed by atoms with van der Waals surface area (Å²) < 4.78 is 4.67. The van der Waals surface area contributed by atoms with Crippen LogP contribution in [0.25, 0.3) is 0 Å². The molecule has 0 aliphatic heterocycles. The number of benzene rings is 1. The van der Waals surface area contributed by atoms with Crippen molar-refractivity contribution >= 4 is 17.7 Å². The largest absolute Gasteiger partial charge is 0.465 e. The van der Waals surface area contributed by atoms with Gasteiger partial charge in [0, 0.05) is 6.20 Å². The summed E-state index contributed by atoms with van der Waals surface area (Å²) in [7, 11) is 1.31. The lowest BCUT2D eigenvalue weighted by molar-refractivity contribution is 0.0602. The fraction of sp³-hybridized carbons (Fsp3) is 0.333. The molecule has 1 aromatic carbocycles. The zero-order valence-corrected chi connectivity index (χ0v) is 11.6. The van der Waals surface area contributed by atoms with Gasteiger partial charge >= 0.3 is 12.0 Å². The van der Waals surface area contributed by atoms with Crippen LogP contribution < -0.4 is 10.6 Å². The van der Waals surface area contributed by atoms with Gasteiger partial charge in [0.1, 0.15) is 0 Å². The Hall–Kier alpha value is -2.30. The maximum absolute atomic E-state index is 11.8. The second-order valence-corrected chi connectivity index (χ2v) is 4.80. The number of hydrogen-bond acceptors (Lipinski definition) is 3. The van der Waals surface area contributed by atoms with E-state index in [-0.39, 0.29) is 6.03 Å². The summed E-state index contributed by atoms with van der Waals surface area (Å²) in [5.41, 5.74) is 1.92. The molecule has 2 rings (SSSR count). The molecule has 0 radical (unpaired) electrons. The number of para-hydroxylation sites is 1. The van der Waals surface area contributed by atoms with Crippen LogP contribution in [0.15, 0.2) is 36.0 Å². The van der Waals surface area contributed by atoms with E-state index in [4.69, 9.17) is 0 Å². The highest BCUT2D eigenvalue weighted by Crippen LogP contribution is 2.35. The zero-order chi connectivity index (χ0) is 14.5. The Balaban J connectivity index is 2.00. The molecule has 2 amide bonds. The highest BCUT2D eigenvalue weighted by molar-refractivity contribution is 6.00. The fourth-order valence-electron chi connectivity index (χ4n) is 1.87. The number of urea groups is 1. The molecule has 5 nitrogen and oxygen atoms in total. The van der Waals surface area contributed by atoms with Crippen LogP contribution in [0.3, 0.4) is 0 Å². The third-order valence-corrected chi connectivity index (χ3v) is 3.23. The van der Waals surface area contributed by atoms with Gasteiger partial charge in [-0.3, -0.25) is 0 Å². The number of nitrogens with one attached hydrogen (secondary N) is 2. The van der Waals surface area contributed by atoms with Crippen molar-refractivity contribution in [2.45, 2.75) is 19.8 Å². The summed E-state index contributed by atoms with van der Waals surface area (Å²) in [5.74, 6) is 0.128. The number of methoxy groups -OCH3 is 1. The molecule has 1 aromatic rings. The molecular formula is C15H18N2O3. The number of ether oxygens (including phenoxy) is 1. The Morgan fingerprint density at radius 1 is 1.30 bits per heavy atom. The molecule has 1 saturated carbocycles. The van der Waals surface area contributed by atoms with E-state index in [0.29, 0.717) is 17.2 Å². The third kappa shape index (κ3) is 3.60. The summed E-state index contributed by atoms with van der Waals surface area (Å²) in [6, 6.07) is 6.34. The fourth-order valence-corrected chi connectivity index (χ4v) is 1.87. The molecule has 2 N–H and O–H groups in total. The molecule has 0 heterocycles. The summed E-state index contributed by atoms with van der Waals surface area (Å²) in [6.45, 7) is 2.00. The molecule has 5 heteroatoms. The lowest BCUT2D eigenvalue weighted by Crippen LogP contribution is -2.25. The monoisotopic (exact) mass is 274 g/mol. The van der Waals surface area contributed by atoms with E-state index < -0.39 is 5.97 Å². The van der Waals surface area contributed by atoms with Crippen molar-refractivity contribution < 1.29 is 14.3 Å². The Bertz CT molecular complexity index is 548. The standard InChI is InChI=1S/C15H18N2O3/c1-10(11-7-8-11)9-16-15(19)17-13-6-4-3-5-12(13)14(18)20-2/h3-6,9,11H,7-8H2,1-2H3,(H2,16,17,19)/b10-9+. The molecule has 0 aromatic heterocycles. The SMILES string of the molecule is COC(=O)c1ccccc1NC(=O)N/C=C(\C)C1CC1. The summed E-state index contributed by atoms with van der Waals surface area (Å²) in [4.78, 5) is 23.4. The van der Waals surface area contributed by atoms with Crippen molar-refractivity contribution in [3.63, 3.8) is 0 Å². The summed E-state index contributed by atoms with van der Waals surface area (Å²) in [6.07, 6.45) is 4.10. The predicted octanol–water partition coefficient (Wildman–Crippen LogP) is 2.91. The molecule has 0 atom stereocenters. The second kappa shape index (κ2) is 6.23. The Kier molecular flexibility index (Phi) is 4.40. The van der Waals surface area contributed by atoms with Gasteiger partial charge in [-0.2, -0.15) is 0 Å². The molecule has 1 fully saturated rings. The van der Waals surface area contributed by atoms with E-state index in [0.717, 1.165) is 0 Å². The number of allylic oxidation sites excluding steroid dienone is 1. The maximum Gasteiger partial charge on any atom is 0.339 e. The van der Waals surface area contributed by atoms with Crippen molar-refractivity contribution in [3.05, 3.63) is 41.6 Å². The van der Waals surface area contributed by atoms with Crippen molar-refractivity contribution in [1.82, 2.24) is 5.32 Å². The van der Waals surface area contributed by atoms with Crippen molar-refractivity contribution in [3.8, 4) is 0 Å². The van der Waals surface area contributed by atoms with E-state index >= 15 is 0 Å². The quantitative estimate of drug-likeness (QED) is 0.829.